The molecule has 1 aromatic carbocycles. The summed E-state index contributed by atoms with van der Waals surface area (Å²) >= 11 is 1.12. The number of likely N-dealkylation sites (N-methyl/N-ethyl adjacent to an activating group) is 1. The van der Waals surface area contributed by atoms with E-state index in [9.17, 15) is 26.7 Å². The molecule has 0 unspecified atom stereocenters. The van der Waals surface area contributed by atoms with Crippen molar-refractivity contribution >= 4 is 43.0 Å². The summed E-state index contributed by atoms with van der Waals surface area (Å²) in [5, 5.41) is 11.4. The van der Waals surface area contributed by atoms with Crippen molar-refractivity contribution in [2.45, 2.75) is 30.2 Å². The lowest BCUT2D eigenvalue weighted by Crippen LogP contribution is -2.50. The average molecular weight is 532 g/mol. The number of carbonyl (C=O) groups excluding carboxylic acids is 1. The molecule has 3 rings (SSSR count). The van der Waals surface area contributed by atoms with E-state index >= 15 is 0 Å². The standard InChI is InChI=1S/C21H29N3O7S3/c1-14-11-24(15(2)13-25)21(26)17-10-16(22-33(4,27)28)7-8-18(17)31-19(14)12-23(3)34(29,30)20-6-5-9-32-20/h5-10,14-15,19,22,25H,11-13H2,1-4H3/t14-,15-,19-/m1/s1. The summed E-state index contributed by atoms with van der Waals surface area (Å²) in [4.78, 5) is 14.8. The zero-order valence-electron chi connectivity index (χ0n) is 19.3. The van der Waals surface area contributed by atoms with Crippen molar-refractivity contribution in [1.29, 1.82) is 0 Å². The van der Waals surface area contributed by atoms with Crippen molar-refractivity contribution in [2.24, 2.45) is 5.92 Å². The molecule has 13 heteroatoms. The number of ether oxygens (including phenoxy) is 1. The van der Waals surface area contributed by atoms with Crippen LogP contribution >= 0.6 is 11.3 Å². The molecule has 2 heterocycles. The van der Waals surface area contributed by atoms with Crippen LogP contribution in [0.2, 0.25) is 0 Å². The molecule has 0 fully saturated rings. The Balaban J connectivity index is 1.99. The molecule has 0 saturated carbocycles. The highest BCUT2D eigenvalue weighted by Gasteiger charge is 2.35. The van der Waals surface area contributed by atoms with E-state index in [1.54, 1.807) is 18.4 Å². The van der Waals surface area contributed by atoms with Crippen LogP contribution in [0.1, 0.15) is 24.2 Å². The quantitative estimate of drug-likeness (QED) is 0.529. The minimum absolute atomic E-state index is 0.0275. The number of benzene rings is 1. The molecule has 1 aliphatic heterocycles. The van der Waals surface area contributed by atoms with Crippen molar-refractivity contribution < 1.29 is 31.5 Å². The van der Waals surface area contributed by atoms with E-state index in [0.29, 0.717) is 0 Å². The number of rotatable bonds is 8. The highest BCUT2D eigenvalue weighted by Crippen LogP contribution is 2.31. The number of anilines is 1. The van der Waals surface area contributed by atoms with Crippen LogP contribution in [-0.4, -0.2) is 82.2 Å². The Morgan fingerprint density at radius 3 is 2.59 bits per heavy atom. The Labute approximate surface area is 204 Å². The van der Waals surface area contributed by atoms with E-state index in [1.807, 2.05) is 6.92 Å². The second-order valence-corrected chi connectivity index (χ2v) is 13.4. The van der Waals surface area contributed by atoms with Gasteiger partial charge in [0.05, 0.1) is 31.0 Å². The fourth-order valence-corrected chi connectivity index (χ4v) is 6.57. The van der Waals surface area contributed by atoms with Gasteiger partial charge in [-0.05, 0) is 36.6 Å². The molecule has 2 N–H and O–H groups in total. The second kappa shape index (κ2) is 10.2. The molecule has 34 heavy (non-hydrogen) atoms. The van der Waals surface area contributed by atoms with Gasteiger partial charge in [-0.3, -0.25) is 9.52 Å². The molecule has 0 bridgehead atoms. The van der Waals surface area contributed by atoms with Crippen molar-refractivity contribution in [1.82, 2.24) is 9.21 Å². The molecule has 1 amide bonds. The summed E-state index contributed by atoms with van der Waals surface area (Å²) in [6, 6.07) is 7.03. The summed E-state index contributed by atoms with van der Waals surface area (Å²) in [7, 11) is -5.81. The molecule has 0 aliphatic carbocycles. The number of nitrogens with one attached hydrogen (secondary N) is 1. The normalized spacial score (nSPS) is 20.3. The van der Waals surface area contributed by atoms with E-state index in [0.717, 1.165) is 17.6 Å². The number of fused-ring (bicyclic) bond motifs is 1. The fourth-order valence-electron chi connectivity index (χ4n) is 3.63. The van der Waals surface area contributed by atoms with Gasteiger partial charge in [-0.1, -0.05) is 13.0 Å². The maximum absolute atomic E-state index is 13.3. The van der Waals surface area contributed by atoms with Crippen molar-refractivity contribution in [3.63, 3.8) is 0 Å². The lowest BCUT2D eigenvalue weighted by molar-refractivity contribution is 0.0387. The highest BCUT2D eigenvalue weighted by atomic mass is 32.2. The van der Waals surface area contributed by atoms with Crippen molar-refractivity contribution in [2.75, 3.05) is 37.7 Å². The van der Waals surface area contributed by atoms with Gasteiger partial charge < -0.3 is 14.7 Å². The Morgan fingerprint density at radius 1 is 1.29 bits per heavy atom. The first-order chi connectivity index (χ1) is 15.8. The maximum atomic E-state index is 13.3. The average Bonchev–Trinajstić information content (AvgIpc) is 3.30. The van der Waals surface area contributed by atoms with Crippen LogP contribution < -0.4 is 9.46 Å². The summed E-state index contributed by atoms with van der Waals surface area (Å²) in [6.07, 6.45) is 0.387. The maximum Gasteiger partial charge on any atom is 0.258 e. The summed E-state index contributed by atoms with van der Waals surface area (Å²) in [5.41, 5.74) is 0.312. The van der Waals surface area contributed by atoms with E-state index in [1.165, 1.54) is 40.5 Å². The smallest absolute Gasteiger partial charge is 0.258 e. The first kappa shape index (κ1) is 26.4. The number of aliphatic hydroxyl groups is 1. The number of hydrogen-bond donors (Lipinski definition) is 2. The number of nitrogens with zero attached hydrogens (tertiary/aromatic N) is 2. The van der Waals surface area contributed by atoms with Crippen LogP contribution in [0.3, 0.4) is 0 Å². The fraction of sp³-hybridized carbons (Fsp3) is 0.476. The van der Waals surface area contributed by atoms with Gasteiger partial charge in [0.15, 0.2) is 0 Å². The van der Waals surface area contributed by atoms with Gasteiger partial charge in [-0.15, -0.1) is 11.3 Å². The third kappa shape index (κ3) is 5.89. The van der Waals surface area contributed by atoms with Gasteiger partial charge >= 0.3 is 0 Å². The van der Waals surface area contributed by atoms with Gasteiger partial charge in [-0.25, -0.2) is 16.8 Å². The molecule has 0 radical (unpaired) electrons. The predicted molar refractivity (Wildman–Crippen MR) is 130 cm³/mol. The van der Waals surface area contributed by atoms with Gasteiger partial charge in [-0.2, -0.15) is 4.31 Å². The monoisotopic (exact) mass is 531 g/mol. The predicted octanol–water partition coefficient (Wildman–Crippen LogP) is 1.66. The number of thiophene rings is 1. The SMILES string of the molecule is C[C@@H]1CN([C@H](C)CO)C(=O)c2cc(NS(C)(=O)=O)ccc2O[C@@H]1CN(C)S(=O)(=O)c1cccs1. The molecule has 10 nitrogen and oxygen atoms in total. The minimum atomic E-state index is -3.71. The molecule has 0 saturated heterocycles. The topological polar surface area (TPSA) is 133 Å². The largest absolute Gasteiger partial charge is 0.488 e. The van der Waals surface area contributed by atoms with Gasteiger partial charge in [0, 0.05) is 25.2 Å². The summed E-state index contributed by atoms with van der Waals surface area (Å²) < 4.78 is 59.2. The van der Waals surface area contributed by atoms with Gasteiger partial charge in [0.2, 0.25) is 10.0 Å². The third-order valence-corrected chi connectivity index (χ3v) is 9.37. The molecule has 1 aliphatic rings. The Hall–Kier alpha value is -2.19. The van der Waals surface area contributed by atoms with E-state index < -0.39 is 38.1 Å². The van der Waals surface area contributed by atoms with Crippen molar-refractivity contribution in [3.8, 4) is 5.75 Å². The summed E-state index contributed by atoms with van der Waals surface area (Å²) in [6.45, 7) is 3.52. The molecule has 0 spiro atoms. The second-order valence-electron chi connectivity index (χ2n) is 8.43. The lowest BCUT2D eigenvalue weighted by atomic mass is 9.99. The number of aliphatic hydroxyl groups excluding tert-OH is 1. The zero-order valence-corrected chi connectivity index (χ0v) is 21.8. The third-order valence-electron chi connectivity index (χ3n) is 5.56. The minimum Gasteiger partial charge on any atom is -0.488 e. The molecule has 1 aromatic heterocycles. The molecule has 3 atom stereocenters. The number of amides is 1. The first-order valence-corrected chi connectivity index (χ1v) is 14.7. The Morgan fingerprint density at radius 2 is 2.00 bits per heavy atom. The van der Waals surface area contributed by atoms with Crippen LogP contribution in [0.25, 0.3) is 0 Å². The molecule has 2 aromatic rings. The van der Waals surface area contributed by atoms with Crippen LogP contribution in [0.4, 0.5) is 5.69 Å². The molecular weight excluding hydrogens is 502 g/mol. The Kier molecular flexibility index (Phi) is 7.92. The number of sulfonamides is 2. The van der Waals surface area contributed by atoms with Crippen LogP contribution in [0.15, 0.2) is 39.9 Å². The van der Waals surface area contributed by atoms with Gasteiger partial charge in [0.25, 0.3) is 15.9 Å². The van der Waals surface area contributed by atoms with E-state index in [4.69, 9.17) is 4.74 Å². The first-order valence-electron chi connectivity index (χ1n) is 10.5. The molecular formula is C21H29N3O7S3. The van der Waals surface area contributed by atoms with Crippen LogP contribution in [-0.2, 0) is 20.0 Å². The summed E-state index contributed by atoms with van der Waals surface area (Å²) in [5.74, 6) is -0.489. The highest BCUT2D eigenvalue weighted by molar-refractivity contribution is 7.92. The van der Waals surface area contributed by atoms with E-state index in [-0.39, 0.29) is 46.8 Å². The molecule has 188 valence electrons. The van der Waals surface area contributed by atoms with Crippen LogP contribution in [0, 0.1) is 5.92 Å². The lowest BCUT2D eigenvalue weighted by Gasteiger charge is -2.38. The number of carbonyl (C=O) groups is 1. The Bertz CT molecular complexity index is 1230. The van der Waals surface area contributed by atoms with Gasteiger partial charge in [0.1, 0.15) is 16.1 Å². The number of hydrogen-bond acceptors (Lipinski definition) is 8. The van der Waals surface area contributed by atoms with Crippen LogP contribution in [0.5, 0.6) is 5.75 Å². The van der Waals surface area contributed by atoms with E-state index in [2.05, 4.69) is 4.72 Å². The zero-order chi connectivity index (χ0) is 25.3. The van der Waals surface area contributed by atoms with Crippen molar-refractivity contribution in [3.05, 3.63) is 41.3 Å².